The maximum absolute atomic E-state index is 11.7. The summed E-state index contributed by atoms with van der Waals surface area (Å²) in [4.78, 5) is 12.5. The first-order chi connectivity index (χ1) is 8.38. The second-order valence-corrected chi connectivity index (χ2v) is 7.23. The summed E-state index contributed by atoms with van der Waals surface area (Å²) in [5.41, 5.74) is 0. The molecule has 0 unspecified atom stereocenters. The van der Waals surface area contributed by atoms with E-state index in [1.54, 1.807) is 6.92 Å². The highest BCUT2D eigenvalue weighted by atomic mass is 32.2. The quantitative estimate of drug-likeness (QED) is 0.835. The molecule has 1 aliphatic carbocycles. The second-order valence-electron chi connectivity index (χ2n) is 4.44. The molecule has 1 aromatic heterocycles. The maximum Gasteiger partial charge on any atom is 0.348 e. The summed E-state index contributed by atoms with van der Waals surface area (Å²) in [7, 11) is -3.77. The van der Waals surface area contributed by atoms with Gasteiger partial charge in [-0.15, -0.1) is 11.3 Å². The van der Waals surface area contributed by atoms with E-state index in [0.29, 0.717) is 17.4 Å². The van der Waals surface area contributed by atoms with Crippen LogP contribution in [0.4, 0.5) is 0 Å². The summed E-state index contributed by atoms with van der Waals surface area (Å²) in [5.74, 6) is 0.224. The number of esters is 1. The van der Waals surface area contributed by atoms with Gasteiger partial charge < -0.3 is 4.74 Å². The predicted molar refractivity (Wildman–Crippen MR) is 68.1 cm³/mol. The number of thiophene rings is 1. The van der Waals surface area contributed by atoms with Crippen molar-refractivity contribution < 1.29 is 17.9 Å². The highest BCUT2D eigenvalue weighted by molar-refractivity contribution is 7.89. The summed E-state index contributed by atoms with van der Waals surface area (Å²) in [6.07, 6.45) is 3.31. The Morgan fingerprint density at radius 1 is 1.56 bits per heavy atom. The van der Waals surface area contributed by atoms with Crippen molar-refractivity contribution in [1.29, 1.82) is 0 Å². The minimum atomic E-state index is -3.77. The van der Waals surface area contributed by atoms with Gasteiger partial charge in [0, 0.05) is 4.88 Å². The fourth-order valence-electron chi connectivity index (χ4n) is 1.64. The normalized spacial score (nSPS) is 15.7. The van der Waals surface area contributed by atoms with Gasteiger partial charge in [-0.3, -0.25) is 0 Å². The Bertz CT molecular complexity index is 558. The van der Waals surface area contributed by atoms with Crippen LogP contribution >= 0.6 is 11.3 Å². The molecule has 0 spiro atoms. The molecule has 0 aromatic carbocycles. The molecule has 0 saturated heterocycles. The van der Waals surface area contributed by atoms with E-state index in [1.165, 1.54) is 18.9 Å². The lowest BCUT2D eigenvalue weighted by molar-refractivity contribution is 0.0500. The van der Waals surface area contributed by atoms with E-state index >= 15 is 0 Å². The average Bonchev–Trinajstić information content (AvgIpc) is 2.98. The van der Waals surface area contributed by atoms with E-state index in [1.807, 2.05) is 0 Å². The fraction of sp³-hybridized carbons (Fsp3) is 0.545. The van der Waals surface area contributed by atoms with Crippen molar-refractivity contribution in [2.24, 2.45) is 11.1 Å². The number of primary sulfonamides is 1. The van der Waals surface area contributed by atoms with Crippen molar-refractivity contribution >= 4 is 27.3 Å². The Morgan fingerprint density at radius 2 is 2.22 bits per heavy atom. The van der Waals surface area contributed by atoms with Gasteiger partial charge in [-0.05, 0) is 25.3 Å². The third-order valence-corrected chi connectivity index (χ3v) is 5.03. The Hall–Kier alpha value is -0.920. The van der Waals surface area contributed by atoms with E-state index in [0.717, 1.165) is 17.8 Å². The molecule has 2 N–H and O–H groups in total. The molecule has 1 heterocycles. The first kappa shape index (κ1) is 13.5. The lowest BCUT2D eigenvalue weighted by Crippen LogP contribution is -2.12. The van der Waals surface area contributed by atoms with Gasteiger partial charge in [0.2, 0.25) is 10.0 Å². The minimum Gasteiger partial charge on any atom is -0.461 e. The van der Waals surface area contributed by atoms with Gasteiger partial charge in [0.05, 0.1) is 11.5 Å². The molecule has 0 aliphatic heterocycles. The zero-order valence-corrected chi connectivity index (χ0v) is 11.6. The third-order valence-electron chi connectivity index (χ3n) is 2.84. The summed E-state index contributed by atoms with van der Waals surface area (Å²) < 4.78 is 27.6. The highest BCUT2D eigenvalue weighted by Gasteiger charge is 2.23. The molecule has 0 bridgehead atoms. The summed E-state index contributed by atoms with van der Waals surface area (Å²) in [6.45, 7) is 2.01. The molecule has 0 amide bonds. The molecule has 5 nitrogen and oxygen atoms in total. The second kappa shape index (κ2) is 4.99. The number of aryl methyl sites for hydroxylation is 1. The Kier molecular flexibility index (Phi) is 3.74. The number of rotatable bonds is 5. The van der Waals surface area contributed by atoms with Crippen LogP contribution in [0, 0.1) is 12.8 Å². The smallest absolute Gasteiger partial charge is 0.348 e. The molecule has 0 atom stereocenters. The van der Waals surface area contributed by atoms with Crippen molar-refractivity contribution in [3.8, 4) is 0 Å². The molecule has 1 aromatic rings. The Labute approximate surface area is 110 Å². The van der Waals surface area contributed by atoms with E-state index in [-0.39, 0.29) is 9.77 Å². The van der Waals surface area contributed by atoms with E-state index < -0.39 is 16.0 Å². The van der Waals surface area contributed by atoms with E-state index in [9.17, 15) is 13.2 Å². The fourth-order valence-corrected chi connectivity index (χ4v) is 3.68. The van der Waals surface area contributed by atoms with Gasteiger partial charge in [0.1, 0.15) is 4.88 Å². The molecule has 100 valence electrons. The van der Waals surface area contributed by atoms with Crippen molar-refractivity contribution in [3.63, 3.8) is 0 Å². The summed E-state index contributed by atoms with van der Waals surface area (Å²) >= 11 is 1.09. The largest absolute Gasteiger partial charge is 0.461 e. The average molecular weight is 289 g/mol. The predicted octanol–water partition coefficient (Wildman–Crippen LogP) is 1.66. The van der Waals surface area contributed by atoms with Crippen molar-refractivity contribution in [2.75, 3.05) is 6.61 Å². The minimum absolute atomic E-state index is 0.00152. The molecule has 1 aliphatic rings. The molecule has 1 fully saturated rings. The summed E-state index contributed by atoms with van der Waals surface area (Å²) in [5, 5.41) is 5.05. The van der Waals surface area contributed by atoms with Crippen molar-refractivity contribution in [2.45, 2.75) is 31.1 Å². The van der Waals surface area contributed by atoms with Crippen LogP contribution in [0.25, 0.3) is 0 Å². The van der Waals surface area contributed by atoms with Crippen LogP contribution < -0.4 is 5.14 Å². The van der Waals surface area contributed by atoms with Gasteiger partial charge in [-0.1, -0.05) is 12.8 Å². The van der Waals surface area contributed by atoms with Gasteiger partial charge in [0.25, 0.3) is 0 Å². The number of nitrogens with two attached hydrogens (primary N) is 1. The van der Waals surface area contributed by atoms with Gasteiger partial charge in [-0.25, -0.2) is 18.4 Å². The third kappa shape index (κ3) is 3.30. The lowest BCUT2D eigenvalue weighted by atomic mass is 10.3. The van der Waals surface area contributed by atoms with Crippen LogP contribution in [0.2, 0.25) is 0 Å². The van der Waals surface area contributed by atoms with Crippen LogP contribution in [-0.2, 0) is 14.8 Å². The van der Waals surface area contributed by atoms with Crippen molar-refractivity contribution in [1.82, 2.24) is 0 Å². The van der Waals surface area contributed by atoms with Crippen LogP contribution in [0.5, 0.6) is 0 Å². The maximum atomic E-state index is 11.7. The number of hydrogen-bond donors (Lipinski definition) is 1. The monoisotopic (exact) mass is 289 g/mol. The van der Waals surface area contributed by atoms with Gasteiger partial charge in [0.15, 0.2) is 0 Å². The van der Waals surface area contributed by atoms with Crippen LogP contribution in [-0.4, -0.2) is 21.0 Å². The van der Waals surface area contributed by atoms with Gasteiger partial charge in [-0.2, -0.15) is 0 Å². The lowest BCUT2D eigenvalue weighted by Gasteiger charge is -2.01. The molecule has 0 radical (unpaired) electrons. The molecular weight excluding hydrogens is 274 g/mol. The standard InChI is InChI=1S/C11H15NO4S2/c1-7-10(18(12,14)15)6-9(17-7)11(13)16-5-4-8-2-3-8/h6,8H,2-5H2,1H3,(H2,12,14,15). The van der Waals surface area contributed by atoms with Crippen LogP contribution in [0.1, 0.15) is 33.8 Å². The first-order valence-electron chi connectivity index (χ1n) is 5.68. The van der Waals surface area contributed by atoms with Crippen LogP contribution in [0.3, 0.4) is 0 Å². The topological polar surface area (TPSA) is 86.5 Å². The number of carbonyl (C=O) groups excluding carboxylic acids is 1. The van der Waals surface area contributed by atoms with E-state index in [2.05, 4.69) is 0 Å². The molecule has 2 rings (SSSR count). The number of sulfonamides is 1. The van der Waals surface area contributed by atoms with Crippen molar-refractivity contribution in [3.05, 3.63) is 15.8 Å². The zero-order valence-electron chi connectivity index (χ0n) is 10.0. The number of ether oxygens (including phenoxy) is 1. The Balaban J connectivity index is 2.01. The number of carbonyl (C=O) groups is 1. The highest BCUT2D eigenvalue weighted by Crippen LogP contribution is 2.32. The Morgan fingerprint density at radius 3 is 2.72 bits per heavy atom. The van der Waals surface area contributed by atoms with Crippen LogP contribution in [0.15, 0.2) is 11.0 Å². The number of hydrogen-bond acceptors (Lipinski definition) is 5. The van der Waals surface area contributed by atoms with Gasteiger partial charge >= 0.3 is 5.97 Å². The first-order valence-corrected chi connectivity index (χ1v) is 8.04. The zero-order chi connectivity index (χ0) is 13.3. The van der Waals surface area contributed by atoms with E-state index in [4.69, 9.17) is 9.88 Å². The SMILES string of the molecule is Cc1sc(C(=O)OCCC2CC2)cc1S(N)(=O)=O. The molecular formula is C11H15NO4S2. The summed E-state index contributed by atoms with van der Waals surface area (Å²) in [6, 6.07) is 1.29. The molecule has 18 heavy (non-hydrogen) atoms. The molecule has 7 heteroatoms. The molecule has 1 saturated carbocycles.